The topological polar surface area (TPSA) is 17.1 Å². The molecule has 0 saturated heterocycles. The van der Waals surface area contributed by atoms with E-state index in [9.17, 15) is 4.79 Å². The van der Waals surface area contributed by atoms with Crippen LogP contribution in [-0.4, -0.2) is 11.0 Å². The normalized spacial score (nSPS) is 23.2. The van der Waals surface area contributed by atoms with Crippen molar-refractivity contribution < 1.29 is 0 Å². The van der Waals surface area contributed by atoms with Crippen LogP contribution in [0.25, 0.3) is 0 Å². The van der Waals surface area contributed by atoms with E-state index in [1.807, 2.05) is 23.5 Å². The third-order valence-corrected chi connectivity index (χ3v) is 6.88. The summed E-state index contributed by atoms with van der Waals surface area (Å²) in [5, 5.41) is 0.665. The first-order chi connectivity index (χ1) is 5.25. The molecule has 5 heteroatoms. The number of hydrogen-bond acceptors (Lipinski definition) is 5. The van der Waals surface area contributed by atoms with Crippen LogP contribution in [0.3, 0.4) is 0 Å². The van der Waals surface area contributed by atoms with Gasteiger partial charge in [-0.25, -0.2) is 0 Å². The lowest BCUT2D eigenvalue weighted by Gasteiger charge is -2.14. The largest absolute Gasteiger partial charge is 0.289 e. The fraction of sp³-hybridized carbons (Fsp3) is 0.500. The van der Waals surface area contributed by atoms with E-state index >= 15 is 0 Å². The van der Waals surface area contributed by atoms with Crippen LogP contribution in [-0.2, 0) is 0 Å². The Bertz CT molecular complexity index is 313. The first-order valence-corrected chi connectivity index (χ1v) is 6.69. The summed E-state index contributed by atoms with van der Waals surface area (Å²) in [5.41, 5.74) is 0. The number of hydrogen-bond donors (Lipinski definition) is 0. The number of rotatable bonds is 0. The maximum absolute atomic E-state index is 11.0. The average molecular weight is 222 g/mol. The molecule has 0 bridgehead atoms. The third kappa shape index (κ3) is 1.66. The zero-order chi connectivity index (χ0) is 7.84. The summed E-state index contributed by atoms with van der Waals surface area (Å²) in [6.07, 6.45) is 0. The molecule has 1 nitrogen and oxygen atoms in total. The summed E-state index contributed by atoms with van der Waals surface area (Å²) in [6, 6.07) is 0. The summed E-state index contributed by atoms with van der Waals surface area (Å²) in [4.78, 5) is 11.0. The highest BCUT2D eigenvalue weighted by molar-refractivity contribution is 8.08. The van der Waals surface area contributed by atoms with Crippen LogP contribution >= 0.6 is 46.2 Å². The summed E-state index contributed by atoms with van der Waals surface area (Å²) in [5.74, 6) is 1.14. The quantitative estimate of drug-likeness (QED) is 0.672. The molecule has 1 atom stereocenters. The van der Waals surface area contributed by atoms with Gasteiger partial charge in [0.15, 0.2) is 0 Å². The van der Waals surface area contributed by atoms with Crippen LogP contribution in [0.2, 0.25) is 0 Å². The van der Waals surface area contributed by atoms with Gasteiger partial charge in [0.25, 0.3) is 4.06 Å². The minimum absolute atomic E-state index is 0.240. The van der Waals surface area contributed by atoms with Crippen molar-refractivity contribution in [3.05, 3.63) is 8.85 Å². The summed E-state index contributed by atoms with van der Waals surface area (Å²) in [6.45, 7) is 2.20. The molecule has 0 amide bonds. The van der Waals surface area contributed by atoms with Gasteiger partial charge in [0, 0.05) is 11.0 Å². The van der Waals surface area contributed by atoms with Gasteiger partial charge in [-0.2, -0.15) is 0 Å². The smallest absolute Gasteiger partial charge is 0.265 e. The minimum Gasteiger partial charge on any atom is -0.265 e. The van der Waals surface area contributed by atoms with Crippen molar-refractivity contribution in [1.82, 2.24) is 0 Å². The van der Waals surface area contributed by atoms with E-state index in [1.165, 1.54) is 31.1 Å². The van der Waals surface area contributed by atoms with Gasteiger partial charge in [-0.15, -0.1) is 23.5 Å². The SMILES string of the molecule is C[C@@H]1CSc2sc(=O)sc2S1. The fourth-order valence-electron chi connectivity index (χ4n) is 0.826. The highest BCUT2D eigenvalue weighted by Gasteiger charge is 2.19. The standard InChI is InChI=1S/C6H6OS4/c1-3-2-8-4-5(9-3)11-6(7)10-4/h3H,2H2,1H3/t3-/m1/s1. The van der Waals surface area contributed by atoms with Crippen LogP contribution in [0, 0.1) is 0 Å². The van der Waals surface area contributed by atoms with E-state index in [-0.39, 0.29) is 4.06 Å². The van der Waals surface area contributed by atoms with Crippen LogP contribution in [0.4, 0.5) is 0 Å². The van der Waals surface area contributed by atoms with Crippen molar-refractivity contribution >= 4 is 46.2 Å². The molecule has 60 valence electrons. The summed E-state index contributed by atoms with van der Waals surface area (Å²) < 4.78 is 2.72. The molecule has 2 heterocycles. The van der Waals surface area contributed by atoms with E-state index in [2.05, 4.69) is 6.92 Å². The van der Waals surface area contributed by atoms with E-state index in [1.54, 1.807) is 0 Å². The van der Waals surface area contributed by atoms with E-state index in [0.29, 0.717) is 5.25 Å². The Morgan fingerprint density at radius 1 is 1.36 bits per heavy atom. The van der Waals surface area contributed by atoms with Gasteiger partial charge in [0.1, 0.15) is 0 Å². The van der Waals surface area contributed by atoms with Crippen LogP contribution < -0.4 is 4.06 Å². The lowest BCUT2D eigenvalue weighted by atomic mass is 10.6. The maximum atomic E-state index is 11.0. The van der Waals surface area contributed by atoms with E-state index in [0.717, 1.165) is 5.75 Å². The van der Waals surface area contributed by atoms with Crippen molar-refractivity contribution in [2.24, 2.45) is 0 Å². The first-order valence-electron chi connectivity index (χ1n) is 3.19. The predicted octanol–water partition coefficient (Wildman–Crippen LogP) is 2.76. The van der Waals surface area contributed by atoms with Gasteiger partial charge in [-0.1, -0.05) is 29.6 Å². The zero-order valence-electron chi connectivity index (χ0n) is 5.83. The number of thioether (sulfide) groups is 2. The molecular formula is C6H6OS4. The Morgan fingerprint density at radius 2 is 2.09 bits per heavy atom. The highest BCUT2D eigenvalue weighted by Crippen LogP contribution is 2.44. The lowest BCUT2D eigenvalue weighted by Crippen LogP contribution is -2.02. The van der Waals surface area contributed by atoms with Crippen molar-refractivity contribution in [3.63, 3.8) is 0 Å². The first kappa shape index (κ1) is 8.16. The minimum atomic E-state index is 0.240. The monoisotopic (exact) mass is 222 g/mol. The molecule has 11 heavy (non-hydrogen) atoms. The molecular weight excluding hydrogens is 216 g/mol. The molecule has 2 rings (SSSR count). The van der Waals surface area contributed by atoms with Gasteiger partial charge in [-0.05, 0) is 0 Å². The Labute approximate surface area is 81.2 Å². The molecule has 0 fully saturated rings. The molecule has 1 aromatic rings. The molecule has 0 radical (unpaired) electrons. The summed E-state index contributed by atoms with van der Waals surface area (Å²) in [7, 11) is 0. The summed E-state index contributed by atoms with van der Waals surface area (Å²) >= 11 is 6.46. The molecule has 1 aromatic heterocycles. The molecule has 0 aromatic carbocycles. The van der Waals surface area contributed by atoms with Gasteiger partial charge < -0.3 is 0 Å². The second-order valence-electron chi connectivity index (χ2n) is 2.27. The second-order valence-corrected chi connectivity index (χ2v) is 7.49. The maximum Gasteiger partial charge on any atom is 0.289 e. The van der Waals surface area contributed by atoms with Gasteiger partial charge >= 0.3 is 0 Å². The predicted molar refractivity (Wildman–Crippen MR) is 54.5 cm³/mol. The van der Waals surface area contributed by atoms with E-state index in [4.69, 9.17) is 0 Å². The molecule has 0 N–H and O–H groups in total. The van der Waals surface area contributed by atoms with Gasteiger partial charge in [-0.3, -0.25) is 4.79 Å². The van der Waals surface area contributed by atoms with Gasteiger partial charge in [0.2, 0.25) is 0 Å². The van der Waals surface area contributed by atoms with Gasteiger partial charge in [0.05, 0.1) is 8.42 Å². The molecule has 0 spiro atoms. The Morgan fingerprint density at radius 3 is 2.91 bits per heavy atom. The lowest BCUT2D eigenvalue weighted by molar-refractivity contribution is 1.11. The second kappa shape index (κ2) is 3.12. The molecule has 1 aliphatic heterocycles. The number of fused-ring (bicyclic) bond motifs is 1. The van der Waals surface area contributed by atoms with Crippen molar-refractivity contribution in [2.75, 3.05) is 5.75 Å². The zero-order valence-corrected chi connectivity index (χ0v) is 9.09. The molecule has 0 aliphatic carbocycles. The molecule has 0 unspecified atom stereocenters. The third-order valence-electron chi connectivity index (χ3n) is 1.28. The highest BCUT2D eigenvalue weighted by atomic mass is 32.2. The van der Waals surface area contributed by atoms with Crippen LogP contribution in [0.15, 0.2) is 13.2 Å². The van der Waals surface area contributed by atoms with Crippen LogP contribution in [0.1, 0.15) is 6.92 Å². The van der Waals surface area contributed by atoms with Crippen LogP contribution in [0.5, 0.6) is 0 Å². The molecule has 0 saturated carbocycles. The Hall–Kier alpha value is 0.550. The van der Waals surface area contributed by atoms with Crippen molar-refractivity contribution in [1.29, 1.82) is 0 Å². The van der Waals surface area contributed by atoms with Crippen molar-refractivity contribution in [2.45, 2.75) is 20.6 Å². The Kier molecular flexibility index (Phi) is 2.32. The Balaban J connectivity index is 2.41. The average Bonchev–Trinajstić information content (AvgIpc) is 2.27. The fourth-order valence-corrected chi connectivity index (χ4v) is 6.44. The molecule has 1 aliphatic rings. The van der Waals surface area contributed by atoms with E-state index < -0.39 is 0 Å². The van der Waals surface area contributed by atoms with Crippen molar-refractivity contribution in [3.8, 4) is 0 Å².